The van der Waals surface area contributed by atoms with Gasteiger partial charge in [-0.05, 0) is 64.8 Å². The normalized spacial score (nSPS) is 10.9. The largest absolute Gasteiger partial charge is 0.496 e. The van der Waals surface area contributed by atoms with E-state index in [1.807, 2.05) is 0 Å². The van der Waals surface area contributed by atoms with Crippen LogP contribution in [-0.2, 0) is 11.2 Å². The molecule has 5 nitrogen and oxygen atoms in total. The summed E-state index contributed by atoms with van der Waals surface area (Å²) in [5.41, 5.74) is 2.25. The van der Waals surface area contributed by atoms with Crippen LogP contribution in [0.4, 0.5) is 0 Å². The third-order valence-electron chi connectivity index (χ3n) is 4.23. The lowest BCUT2D eigenvalue weighted by atomic mass is 10.1. The molecule has 0 fully saturated rings. The van der Waals surface area contributed by atoms with Crippen molar-refractivity contribution in [2.45, 2.75) is 13.3 Å². The summed E-state index contributed by atoms with van der Waals surface area (Å²) in [6.07, 6.45) is -0.186. The maximum atomic E-state index is 13.1. The first-order chi connectivity index (χ1) is 12.3. The Balaban J connectivity index is 2.28. The summed E-state index contributed by atoms with van der Waals surface area (Å²) in [6, 6.07) is 10.1. The summed E-state index contributed by atoms with van der Waals surface area (Å²) in [6.45, 7) is 1.74. The Labute approximate surface area is 163 Å². The molecule has 3 rings (SSSR count). The number of halogens is 2. The lowest BCUT2D eigenvalue weighted by Gasteiger charge is -2.09. The first-order valence-corrected chi connectivity index (χ1v) is 8.90. The number of hydrogen-bond acceptors (Lipinski definition) is 3. The van der Waals surface area contributed by atoms with E-state index >= 15 is 0 Å². The highest BCUT2D eigenvalue weighted by molar-refractivity contribution is 9.10. The van der Waals surface area contributed by atoms with Gasteiger partial charge in [-0.25, -0.2) is 0 Å². The molecule has 0 radical (unpaired) electrons. The van der Waals surface area contributed by atoms with Crippen molar-refractivity contribution in [2.75, 3.05) is 7.11 Å². The first kappa shape index (κ1) is 18.5. The van der Waals surface area contributed by atoms with Gasteiger partial charge in [0.05, 0.1) is 23.5 Å². The van der Waals surface area contributed by atoms with E-state index in [-0.39, 0.29) is 12.3 Å². The van der Waals surface area contributed by atoms with Gasteiger partial charge in [-0.2, -0.15) is 0 Å². The number of benzene rings is 2. The predicted molar refractivity (Wildman–Crippen MR) is 103 cm³/mol. The fourth-order valence-electron chi connectivity index (χ4n) is 2.99. The van der Waals surface area contributed by atoms with Crippen LogP contribution >= 0.6 is 27.5 Å². The number of methoxy groups -OCH3 is 1. The molecule has 0 bridgehead atoms. The molecule has 1 N–H and O–H groups in total. The lowest BCUT2D eigenvalue weighted by Crippen LogP contribution is -2.14. The second kappa shape index (κ2) is 7.13. The molecule has 0 saturated carbocycles. The summed E-state index contributed by atoms with van der Waals surface area (Å²) in [4.78, 5) is 24.4. The monoisotopic (exact) mass is 435 g/mol. The Hall–Kier alpha value is -2.31. The highest BCUT2D eigenvalue weighted by atomic mass is 79.9. The summed E-state index contributed by atoms with van der Waals surface area (Å²) < 4.78 is 7.52. The van der Waals surface area contributed by atoms with Crippen LogP contribution in [0.3, 0.4) is 0 Å². The van der Waals surface area contributed by atoms with E-state index in [1.54, 1.807) is 43.3 Å². The van der Waals surface area contributed by atoms with E-state index in [0.29, 0.717) is 43.0 Å². The number of aliphatic carboxylic acids is 1. The van der Waals surface area contributed by atoms with Gasteiger partial charge in [-0.3, -0.25) is 14.2 Å². The zero-order valence-corrected chi connectivity index (χ0v) is 16.4. The van der Waals surface area contributed by atoms with Gasteiger partial charge in [-0.15, -0.1) is 0 Å². The van der Waals surface area contributed by atoms with E-state index in [2.05, 4.69) is 15.9 Å². The fraction of sp³-hybridized carbons (Fsp3) is 0.158. The van der Waals surface area contributed by atoms with Gasteiger partial charge in [0.2, 0.25) is 0 Å². The molecule has 0 aliphatic rings. The Kier molecular flexibility index (Phi) is 5.07. The van der Waals surface area contributed by atoms with Crippen molar-refractivity contribution >= 4 is 50.3 Å². The summed E-state index contributed by atoms with van der Waals surface area (Å²) in [5.74, 6) is -0.647. The Morgan fingerprint density at radius 2 is 1.88 bits per heavy atom. The second-order valence-electron chi connectivity index (χ2n) is 5.79. The quantitative estimate of drug-likeness (QED) is 0.644. The molecule has 2 aromatic carbocycles. The molecule has 0 aliphatic heterocycles. The van der Waals surface area contributed by atoms with Crippen LogP contribution in [0.2, 0.25) is 5.02 Å². The van der Waals surface area contributed by atoms with E-state index < -0.39 is 5.97 Å². The van der Waals surface area contributed by atoms with Gasteiger partial charge in [0.25, 0.3) is 5.91 Å². The van der Waals surface area contributed by atoms with Crippen LogP contribution in [0.15, 0.2) is 40.9 Å². The van der Waals surface area contributed by atoms with Gasteiger partial charge in [-0.1, -0.05) is 11.6 Å². The Bertz CT molecular complexity index is 1020. The molecule has 3 aromatic rings. The molecule has 1 heterocycles. The average Bonchev–Trinajstić information content (AvgIpc) is 2.85. The highest BCUT2D eigenvalue weighted by Crippen LogP contribution is 2.35. The number of fused-ring (bicyclic) bond motifs is 1. The molecule has 0 atom stereocenters. The molecule has 0 saturated heterocycles. The lowest BCUT2D eigenvalue weighted by molar-refractivity contribution is -0.136. The standard InChI is InChI=1S/C19H15BrClNO4/c1-10-13(8-18(23)24)14-7-17(26-2)15(20)9-16(14)22(10)19(25)11-3-5-12(21)6-4-11/h3-7,9H,8H2,1-2H3,(H,23,24). The number of hydrogen-bond donors (Lipinski definition) is 1. The molecule has 0 unspecified atom stereocenters. The number of rotatable bonds is 4. The highest BCUT2D eigenvalue weighted by Gasteiger charge is 2.22. The van der Waals surface area contributed by atoms with Gasteiger partial charge in [0.1, 0.15) is 5.75 Å². The van der Waals surface area contributed by atoms with Crippen molar-refractivity contribution in [3.63, 3.8) is 0 Å². The van der Waals surface area contributed by atoms with Gasteiger partial charge in [0, 0.05) is 21.7 Å². The average molecular weight is 437 g/mol. The summed E-state index contributed by atoms with van der Waals surface area (Å²) in [5, 5.41) is 10.5. The van der Waals surface area contributed by atoms with Crippen LogP contribution in [-0.4, -0.2) is 28.7 Å². The van der Waals surface area contributed by atoms with E-state index in [4.69, 9.17) is 16.3 Å². The molecule has 1 aromatic heterocycles. The van der Waals surface area contributed by atoms with Gasteiger partial charge in [0.15, 0.2) is 0 Å². The van der Waals surface area contributed by atoms with Crippen molar-refractivity contribution in [2.24, 2.45) is 0 Å². The third-order valence-corrected chi connectivity index (χ3v) is 5.10. The number of ether oxygens (including phenoxy) is 1. The number of nitrogens with zero attached hydrogens (tertiary/aromatic N) is 1. The molecule has 7 heteroatoms. The van der Waals surface area contributed by atoms with Crippen molar-refractivity contribution in [1.82, 2.24) is 4.57 Å². The Morgan fingerprint density at radius 1 is 1.23 bits per heavy atom. The zero-order valence-electron chi connectivity index (χ0n) is 14.0. The van der Waals surface area contributed by atoms with Crippen LogP contribution in [0.25, 0.3) is 10.9 Å². The maximum absolute atomic E-state index is 13.1. The molecular formula is C19H15BrClNO4. The number of aromatic nitrogens is 1. The topological polar surface area (TPSA) is 68.5 Å². The number of carboxylic acid groups (broad SMARTS) is 1. The summed E-state index contributed by atoms with van der Waals surface area (Å²) >= 11 is 9.33. The predicted octanol–water partition coefficient (Wildman–Crippen LogP) is 4.69. The van der Waals surface area contributed by atoms with E-state index in [0.717, 1.165) is 0 Å². The minimum atomic E-state index is -0.965. The molecule has 0 aliphatic carbocycles. The fourth-order valence-corrected chi connectivity index (χ4v) is 3.61. The Morgan fingerprint density at radius 3 is 2.46 bits per heavy atom. The van der Waals surface area contributed by atoms with E-state index in [9.17, 15) is 14.7 Å². The van der Waals surface area contributed by atoms with Crippen molar-refractivity contribution in [3.05, 3.63) is 62.7 Å². The van der Waals surface area contributed by atoms with Crippen LogP contribution < -0.4 is 4.74 Å². The van der Waals surface area contributed by atoms with E-state index in [1.165, 1.54) is 11.7 Å². The number of carbonyl (C=O) groups excluding carboxylic acids is 1. The minimum absolute atomic E-state index is 0.186. The van der Waals surface area contributed by atoms with Crippen molar-refractivity contribution in [3.8, 4) is 5.75 Å². The first-order valence-electron chi connectivity index (χ1n) is 7.73. The maximum Gasteiger partial charge on any atom is 0.307 e. The minimum Gasteiger partial charge on any atom is -0.496 e. The molecule has 134 valence electrons. The smallest absolute Gasteiger partial charge is 0.307 e. The molecule has 26 heavy (non-hydrogen) atoms. The summed E-state index contributed by atoms with van der Waals surface area (Å²) in [7, 11) is 1.53. The number of carboxylic acids is 1. The van der Waals surface area contributed by atoms with Gasteiger partial charge >= 0.3 is 5.97 Å². The molecule has 0 amide bonds. The number of carbonyl (C=O) groups is 2. The van der Waals surface area contributed by atoms with Gasteiger partial charge < -0.3 is 9.84 Å². The third kappa shape index (κ3) is 3.22. The molecular weight excluding hydrogens is 422 g/mol. The SMILES string of the molecule is COc1cc2c(CC(=O)O)c(C)n(C(=O)c3ccc(Cl)cc3)c2cc1Br. The van der Waals surface area contributed by atoms with Crippen LogP contribution in [0.5, 0.6) is 5.75 Å². The van der Waals surface area contributed by atoms with Crippen LogP contribution in [0, 0.1) is 6.92 Å². The van der Waals surface area contributed by atoms with Crippen molar-refractivity contribution < 1.29 is 19.4 Å². The van der Waals surface area contributed by atoms with Crippen LogP contribution in [0.1, 0.15) is 21.6 Å². The molecule has 0 spiro atoms. The zero-order chi connectivity index (χ0) is 19.0. The second-order valence-corrected chi connectivity index (χ2v) is 7.08. The van der Waals surface area contributed by atoms with Crippen molar-refractivity contribution in [1.29, 1.82) is 0 Å².